The molecule has 0 spiro atoms. The quantitative estimate of drug-likeness (QED) is 0.780. The summed E-state index contributed by atoms with van der Waals surface area (Å²) in [4.78, 5) is 12.4. The largest absolute Gasteiger partial charge is 0.355 e. The van der Waals surface area contributed by atoms with Gasteiger partial charge >= 0.3 is 0 Å². The number of hydrogen-bond acceptors (Lipinski definition) is 3. The zero-order valence-electron chi connectivity index (χ0n) is 12.5. The van der Waals surface area contributed by atoms with Gasteiger partial charge < -0.3 is 9.84 Å². The van der Waals surface area contributed by atoms with Gasteiger partial charge in [-0.15, -0.1) is 0 Å². The predicted octanol–water partition coefficient (Wildman–Crippen LogP) is 4.23. The van der Waals surface area contributed by atoms with Crippen LogP contribution < -0.4 is 5.32 Å². The van der Waals surface area contributed by atoms with Gasteiger partial charge in [-0.3, -0.25) is 4.79 Å². The zero-order valence-corrected chi connectivity index (χ0v) is 13.3. The van der Waals surface area contributed by atoms with E-state index in [9.17, 15) is 4.79 Å². The molecule has 5 heteroatoms. The van der Waals surface area contributed by atoms with E-state index < -0.39 is 0 Å². The second-order valence-electron chi connectivity index (χ2n) is 5.19. The highest BCUT2D eigenvalue weighted by Gasteiger charge is 2.17. The Morgan fingerprint density at radius 3 is 2.74 bits per heavy atom. The second kappa shape index (κ2) is 6.67. The predicted molar refractivity (Wildman–Crippen MR) is 89.3 cm³/mol. The van der Waals surface area contributed by atoms with Crippen molar-refractivity contribution in [2.24, 2.45) is 0 Å². The molecule has 0 fully saturated rings. The summed E-state index contributed by atoms with van der Waals surface area (Å²) < 4.78 is 5.24. The van der Waals surface area contributed by atoms with Gasteiger partial charge in [0, 0.05) is 17.1 Å². The van der Waals surface area contributed by atoms with Gasteiger partial charge in [-0.25, -0.2) is 0 Å². The van der Waals surface area contributed by atoms with Crippen LogP contribution >= 0.6 is 11.6 Å². The Morgan fingerprint density at radius 2 is 2.00 bits per heavy atom. The molecule has 1 amide bonds. The lowest BCUT2D eigenvalue weighted by molar-refractivity contribution is 0.0951. The van der Waals surface area contributed by atoms with Crippen LogP contribution in [0.15, 0.2) is 59.3 Å². The minimum atomic E-state index is -0.223. The van der Waals surface area contributed by atoms with Crippen molar-refractivity contribution in [2.45, 2.75) is 13.5 Å². The normalized spacial score (nSPS) is 10.5. The molecule has 0 saturated heterocycles. The van der Waals surface area contributed by atoms with Crippen LogP contribution in [0.25, 0.3) is 11.3 Å². The van der Waals surface area contributed by atoms with Gasteiger partial charge in [-0.05, 0) is 30.2 Å². The maximum Gasteiger partial charge on any atom is 0.257 e. The van der Waals surface area contributed by atoms with E-state index in [1.807, 2.05) is 55.5 Å². The van der Waals surface area contributed by atoms with Crippen LogP contribution in [0.4, 0.5) is 0 Å². The van der Waals surface area contributed by atoms with Crippen molar-refractivity contribution in [1.82, 2.24) is 10.5 Å². The number of hydrogen-bond donors (Lipinski definition) is 1. The highest BCUT2D eigenvalue weighted by molar-refractivity contribution is 6.30. The van der Waals surface area contributed by atoms with Crippen molar-refractivity contribution in [3.63, 3.8) is 0 Å². The van der Waals surface area contributed by atoms with Gasteiger partial charge in [0.2, 0.25) is 0 Å². The fourth-order valence-electron chi connectivity index (χ4n) is 2.33. The maximum atomic E-state index is 12.4. The molecule has 0 aliphatic rings. The van der Waals surface area contributed by atoms with E-state index in [-0.39, 0.29) is 5.91 Å². The average Bonchev–Trinajstić information content (AvgIpc) is 3.04. The lowest BCUT2D eigenvalue weighted by atomic mass is 10.1. The lowest BCUT2D eigenvalue weighted by Gasteiger charge is -2.08. The molecule has 1 heterocycles. The number of rotatable bonds is 4. The van der Waals surface area contributed by atoms with Gasteiger partial charge in [0.05, 0.1) is 6.20 Å². The molecule has 3 rings (SSSR count). The molecule has 3 aromatic rings. The molecule has 0 radical (unpaired) electrons. The molecule has 23 heavy (non-hydrogen) atoms. The molecule has 0 bridgehead atoms. The van der Waals surface area contributed by atoms with Crippen molar-refractivity contribution in [3.05, 3.63) is 76.4 Å². The summed E-state index contributed by atoms with van der Waals surface area (Å²) in [5.41, 5.74) is 3.28. The van der Waals surface area contributed by atoms with Crippen LogP contribution in [0.3, 0.4) is 0 Å². The molecule has 1 aromatic heterocycles. The standard InChI is InChI=1S/C18H15ClN2O2/c1-12-9-15(19)8-7-14(12)10-20-18(22)16-11-21-23-17(16)13-5-3-2-4-6-13/h2-9,11H,10H2,1H3,(H,20,22). The number of amides is 1. The number of aryl methyl sites for hydroxylation is 1. The Hall–Kier alpha value is -2.59. The topological polar surface area (TPSA) is 55.1 Å². The van der Waals surface area contributed by atoms with Crippen LogP contribution in [-0.4, -0.2) is 11.1 Å². The summed E-state index contributed by atoms with van der Waals surface area (Å²) in [5.74, 6) is 0.246. The van der Waals surface area contributed by atoms with Gasteiger partial charge in [-0.1, -0.05) is 53.2 Å². The molecule has 0 aliphatic carbocycles. The summed E-state index contributed by atoms with van der Waals surface area (Å²) in [6.45, 7) is 2.38. The maximum absolute atomic E-state index is 12.4. The number of halogens is 1. The number of benzene rings is 2. The first-order chi connectivity index (χ1) is 11.1. The summed E-state index contributed by atoms with van der Waals surface area (Å²) in [6, 6.07) is 15.0. The van der Waals surface area contributed by atoms with E-state index in [1.54, 1.807) is 0 Å². The Balaban J connectivity index is 1.76. The molecule has 0 atom stereocenters. The number of aromatic nitrogens is 1. The first-order valence-corrected chi connectivity index (χ1v) is 7.56. The summed E-state index contributed by atoms with van der Waals surface area (Å²) in [5, 5.41) is 7.32. The number of carbonyl (C=O) groups is 1. The zero-order chi connectivity index (χ0) is 16.2. The molecule has 0 aliphatic heterocycles. The average molecular weight is 327 g/mol. The third-order valence-corrected chi connectivity index (χ3v) is 3.83. The Bertz CT molecular complexity index is 828. The Kier molecular flexibility index (Phi) is 4.44. The molecular weight excluding hydrogens is 312 g/mol. The highest BCUT2D eigenvalue weighted by Crippen LogP contribution is 2.23. The number of carbonyl (C=O) groups excluding carboxylic acids is 1. The monoisotopic (exact) mass is 326 g/mol. The molecule has 4 nitrogen and oxygen atoms in total. The third-order valence-electron chi connectivity index (χ3n) is 3.60. The fraction of sp³-hybridized carbons (Fsp3) is 0.111. The summed E-state index contributed by atoms with van der Waals surface area (Å²) in [7, 11) is 0. The smallest absolute Gasteiger partial charge is 0.257 e. The molecule has 116 valence electrons. The second-order valence-corrected chi connectivity index (χ2v) is 5.62. The number of nitrogens with zero attached hydrogens (tertiary/aromatic N) is 1. The van der Waals surface area contributed by atoms with Crippen molar-refractivity contribution in [1.29, 1.82) is 0 Å². The lowest BCUT2D eigenvalue weighted by Crippen LogP contribution is -2.23. The van der Waals surface area contributed by atoms with Gasteiger partial charge in [0.15, 0.2) is 5.76 Å². The SMILES string of the molecule is Cc1cc(Cl)ccc1CNC(=O)c1cnoc1-c1ccccc1. The van der Waals surface area contributed by atoms with E-state index in [0.29, 0.717) is 22.9 Å². The molecule has 0 unspecified atom stereocenters. The first kappa shape index (κ1) is 15.3. The van der Waals surface area contributed by atoms with Crippen LogP contribution in [0.5, 0.6) is 0 Å². The van der Waals surface area contributed by atoms with Crippen molar-refractivity contribution in [3.8, 4) is 11.3 Å². The Morgan fingerprint density at radius 1 is 1.22 bits per heavy atom. The summed E-state index contributed by atoms with van der Waals surface area (Å²) >= 11 is 5.94. The van der Waals surface area contributed by atoms with Crippen molar-refractivity contribution in [2.75, 3.05) is 0 Å². The van der Waals surface area contributed by atoms with Crippen LogP contribution in [-0.2, 0) is 6.54 Å². The van der Waals surface area contributed by atoms with Crippen LogP contribution in [0.1, 0.15) is 21.5 Å². The minimum Gasteiger partial charge on any atom is -0.355 e. The van der Waals surface area contributed by atoms with Gasteiger partial charge in [-0.2, -0.15) is 0 Å². The van der Waals surface area contributed by atoms with Gasteiger partial charge in [0.1, 0.15) is 5.56 Å². The van der Waals surface area contributed by atoms with Crippen LogP contribution in [0.2, 0.25) is 5.02 Å². The van der Waals surface area contributed by atoms with E-state index in [0.717, 1.165) is 16.7 Å². The van der Waals surface area contributed by atoms with Gasteiger partial charge in [0.25, 0.3) is 5.91 Å². The Labute approximate surface area is 139 Å². The number of nitrogens with one attached hydrogen (secondary N) is 1. The molecule has 2 aromatic carbocycles. The minimum absolute atomic E-state index is 0.223. The van der Waals surface area contributed by atoms with E-state index >= 15 is 0 Å². The van der Waals surface area contributed by atoms with Crippen molar-refractivity contribution < 1.29 is 9.32 Å². The molecule has 0 saturated carbocycles. The van der Waals surface area contributed by atoms with E-state index in [2.05, 4.69) is 10.5 Å². The van der Waals surface area contributed by atoms with Crippen LogP contribution in [0, 0.1) is 6.92 Å². The third kappa shape index (κ3) is 3.43. The fourth-order valence-corrected chi connectivity index (χ4v) is 2.55. The highest BCUT2D eigenvalue weighted by atomic mass is 35.5. The molecule has 1 N–H and O–H groups in total. The van der Waals surface area contributed by atoms with E-state index in [4.69, 9.17) is 16.1 Å². The van der Waals surface area contributed by atoms with Crippen molar-refractivity contribution >= 4 is 17.5 Å². The van der Waals surface area contributed by atoms with E-state index in [1.165, 1.54) is 6.20 Å². The molecular formula is C18H15ClN2O2. The summed E-state index contributed by atoms with van der Waals surface area (Å²) in [6.07, 6.45) is 1.44. The first-order valence-electron chi connectivity index (χ1n) is 7.18.